The van der Waals surface area contributed by atoms with Crippen LogP contribution in [0.1, 0.15) is 25.7 Å². The van der Waals surface area contributed by atoms with Crippen molar-refractivity contribution in [1.82, 2.24) is 14.9 Å². The zero-order chi connectivity index (χ0) is 17.1. The maximum absolute atomic E-state index is 12.5. The molecule has 1 fully saturated rings. The molecule has 128 valence electrons. The number of H-pyrrole nitrogens is 1. The number of aliphatic hydroxyl groups excluding tert-OH is 1. The number of rotatable bonds is 4. The van der Waals surface area contributed by atoms with Gasteiger partial charge in [0.1, 0.15) is 6.54 Å². The van der Waals surface area contributed by atoms with E-state index in [1.165, 1.54) is 4.57 Å². The first-order chi connectivity index (χ1) is 11.6. The highest BCUT2D eigenvalue weighted by molar-refractivity contribution is 7.71. The molecule has 0 bridgehead atoms. The van der Waals surface area contributed by atoms with Crippen molar-refractivity contribution in [1.29, 1.82) is 0 Å². The summed E-state index contributed by atoms with van der Waals surface area (Å²) in [6, 6.07) is 7.08. The van der Waals surface area contributed by atoms with Crippen LogP contribution in [0.2, 0.25) is 0 Å². The van der Waals surface area contributed by atoms with Gasteiger partial charge in [0.05, 0.1) is 17.0 Å². The van der Waals surface area contributed by atoms with Crippen molar-refractivity contribution >= 4 is 29.0 Å². The van der Waals surface area contributed by atoms with Crippen molar-refractivity contribution in [2.24, 2.45) is 5.92 Å². The Morgan fingerprint density at radius 3 is 2.88 bits per heavy atom. The van der Waals surface area contributed by atoms with E-state index >= 15 is 0 Å². The number of amides is 1. The quantitative estimate of drug-likeness (QED) is 0.735. The molecule has 1 heterocycles. The lowest BCUT2D eigenvalue weighted by molar-refractivity contribution is -0.122. The van der Waals surface area contributed by atoms with E-state index in [9.17, 15) is 14.7 Å². The lowest BCUT2D eigenvalue weighted by Gasteiger charge is -2.27. The van der Waals surface area contributed by atoms with Crippen LogP contribution in [0.15, 0.2) is 29.1 Å². The summed E-state index contributed by atoms with van der Waals surface area (Å²) in [6.45, 7) is 0.306. The van der Waals surface area contributed by atoms with Crippen LogP contribution in [0.3, 0.4) is 0 Å². The van der Waals surface area contributed by atoms with Gasteiger partial charge in [0.2, 0.25) is 5.91 Å². The second-order valence-electron chi connectivity index (χ2n) is 6.28. The van der Waals surface area contributed by atoms with Crippen LogP contribution >= 0.6 is 12.2 Å². The number of hydrogen-bond donors (Lipinski definition) is 3. The van der Waals surface area contributed by atoms with Crippen molar-refractivity contribution in [3.63, 3.8) is 0 Å². The van der Waals surface area contributed by atoms with Gasteiger partial charge in [0.15, 0.2) is 4.77 Å². The van der Waals surface area contributed by atoms with Crippen LogP contribution in [-0.2, 0) is 11.3 Å². The molecule has 1 aromatic carbocycles. The fourth-order valence-electron chi connectivity index (χ4n) is 3.21. The average Bonchev–Trinajstić information content (AvgIpc) is 2.58. The third-order valence-corrected chi connectivity index (χ3v) is 4.94. The SMILES string of the molecule is O=C(Cn1c(=S)[nH]c2ccccc2c1=O)NC[C@@H]1CCCC[C@@H]1O. The molecule has 0 unspecified atom stereocenters. The molecule has 0 radical (unpaired) electrons. The van der Waals surface area contributed by atoms with Gasteiger partial charge in [-0.05, 0) is 37.2 Å². The van der Waals surface area contributed by atoms with Crippen molar-refractivity contribution < 1.29 is 9.90 Å². The Hall–Kier alpha value is -1.99. The molecule has 3 rings (SSSR count). The highest BCUT2D eigenvalue weighted by Crippen LogP contribution is 2.23. The molecule has 2 aromatic rings. The van der Waals surface area contributed by atoms with E-state index in [1.807, 2.05) is 6.07 Å². The number of hydrogen-bond acceptors (Lipinski definition) is 4. The first kappa shape index (κ1) is 16.9. The predicted molar refractivity (Wildman–Crippen MR) is 94.4 cm³/mol. The fourth-order valence-corrected chi connectivity index (χ4v) is 3.47. The number of aliphatic hydroxyl groups is 1. The van der Waals surface area contributed by atoms with Gasteiger partial charge in [-0.3, -0.25) is 14.2 Å². The van der Waals surface area contributed by atoms with Crippen LogP contribution in [0.5, 0.6) is 0 Å². The minimum atomic E-state index is -0.356. The minimum absolute atomic E-state index is 0.0885. The highest BCUT2D eigenvalue weighted by Gasteiger charge is 2.23. The lowest BCUT2D eigenvalue weighted by Crippen LogP contribution is -2.39. The van der Waals surface area contributed by atoms with Crippen molar-refractivity contribution in [2.45, 2.75) is 38.3 Å². The molecule has 3 N–H and O–H groups in total. The summed E-state index contributed by atoms with van der Waals surface area (Å²) in [7, 11) is 0. The number of nitrogens with one attached hydrogen (secondary N) is 2. The molecule has 1 aromatic heterocycles. The Kier molecular flexibility index (Phi) is 5.11. The molecule has 24 heavy (non-hydrogen) atoms. The normalized spacial score (nSPS) is 20.9. The van der Waals surface area contributed by atoms with Crippen molar-refractivity contribution in [3.05, 3.63) is 39.4 Å². The minimum Gasteiger partial charge on any atom is -0.393 e. The Morgan fingerprint density at radius 1 is 1.33 bits per heavy atom. The van der Waals surface area contributed by atoms with Crippen LogP contribution < -0.4 is 10.9 Å². The fraction of sp³-hybridized carbons (Fsp3) is 0.471. The molecular formula is C17H21N3O3S. The smallest absolute Gasteiger partial charge is 0.262 e. The van der Waals surface area contributed by atoms with E-state index in [1.54, 1.807) is 18.2 Å². The van der Waals surface area contributed by atoms with Gasteiger partial charge >= 0.3 is 0 Å². The first-order valence-electron chi connectivity index (χ1n) is 8.23. The van der Waals surface area contributed by atoms with Crippen LogP contribution in [0.25, 0.3) is 10.9 Å². The molecule has 0 aliphatic heterocycles. The third kappa shape index (κ3) is 3.57. The summed E-state index contributed by atoms with van der Waals surface area (Å²) in [5.74, 6) is -0.185. The van der Waals surface area contributed by atoms with E-state index in [4.69, 9.17) is 12.2 Å². The van der Waals surface area contributed by atoms with Crippen LogP contribution in [-0.4, -0.2) is 33.2 Å². The zero-order valence-corrected chi connectivity index (χ0v) is 14.1. The molecule has 1 saturated carbocycles. The molecule has 1 aliphatic rings. The number of carbonyl (C=O) groups is 1. The predicted octanol–water partition coefficient (Wildman–Crippen LogP) is 1.73. The van der Waals surface area contributed by atoms with Crippen LogP contribution in [0, 0.1) is 10.7 Å². The number of fused-ring (bicyclic) bond motifs is 1. The molecule has 7 heteroatoms. The van der Waals surface area contributed by atoms with E-state index in [0.29, 0.717) is 17.4 Å². The number of carbonyl (C=O) groups excluding carboxylic acids is 1. The van der Waals surface area contributed by atoms with Gasteiger partial charge in [-0.25, -0.2) is 0 Å². The summed E-state index contributed by atoms with van der Waals surface area (Å²) in [6.07, 6.45) is 3.46. The Labute approximate surface area is 144 Å². The van der Waals surface area contributed by atoms with Gasteiger partial charge < -0.3 is 15.4 Å². The largest absolute Gasteiger partial charge is 0.393 e. The number of para-hydroxylation sites is 1. The van der Waals surface area contributed by atoms with E-state index in [-0.39, 0.29) is 34.8 Å². The Bertz CT molecular complexity index is 858. The molecule has 0 spiro atoms. The summed E-state index contributed by atoms with van der Waals surface area (Å²) < 4.78 is 1.50. The van der Waals surface area contributed by atoms with Crippen molar-refractivity contribution in [2.75, 3.05) is 6.54 Å². The molecule has 6 nitrogen and oxygen atoms in total. The third-order valence-electron chi connectivity index (χ3n) is 4.62. The lowest BCUT2D eigenvalue weighted by atomic mass is 9.86. The maximum Gasteiger partial charge on any atom is 0.262 e. The number of nitrogens with zero attached hydrogens (tertiary/aromatic N) is 1. The summed E-state index contributed by atoms with van der Waals surface area (Å²) >= 11 is 5.20. The first-order valence-corrected chi connectivity index (χ1v) is 8.63. The van der Waals surface area contributed by atoms with Gasteiger partial charge in [-0.2, -0.15) is 0 Å². The highest BCUT2D eigenvalue weighted by atomic mass is 32.1. The number of benzene rings is 1. The van der Waals surface area contributed by atoms with E-state index in [2.05, 4.69) is 10.3 Å². The zero-order valence-electron chi connectivity index (χ0n) is 13.3. The molecule has 2 atom stereocenters. The Balaban J connectivity index is 1.71. The number of aromatic nitrogens is 2. The second kappa shape index (κ2) is 7.27. The topological polar surface area (TPSA) is 87.1 Å². The summed E-state index contributed by atoms with van der Waals surface area (Å²) in [5, 5.41) is 13.3. The molecule has 1 amide bonds. The van der Waals surface area contributed by atoms with Crippen molar-refractivity contribution in [3.8, 4) is 0 Å². The maximum atomic E-state index is 12.5. The summed E-state index contributed by atoms with van der Waals surface area (Å²) in [4.78, 5) is 27.7. The van der Waals surface area contributed by atoms with E-state index in [0.717, 1.165) is 25.7 Å². The standard InChI is InChI=1S/C17H21N3O3S/c21-14-8-4-1-5-11(14)9-18-15(22)10-20-16(23)12-6-2-3-7-13(12)19-17(20)24/h2-3,6-7,11,14,21H,1,4-5,8-10H2,(H,18,22)(H,19,24)/t11-,14-/m0/s1. The Morgan fingerprint density at radius 2 is 2.08 bits per heavy atom. The summed E-state index contributed by atoms with van der Waals surface area (Å²) in [5.41, 5.74) is 0.386. The van der Waals surface area contributed by atoms with Gasteiger partial charge in [0.25, 0.3) is 5.56 Å². The molecular weight excluding hydrogens is 326 g/mol. The molecule has 0 saturated heterocycles. The van der Waals surface area contributed by atoms with Gasteiger partial charge in [-0.1, -0.05) is 25.0 Å². The average molecular weight is 347 g/mol. The monoisotopic (exact) mass is 347 g/mol. The van der Waals surface area contributed by atoms with Gasteiger partial charge in [0, 0.05) is 12.5 Å². The van der Waals surface area contributed by atoms with Crippen LogP contribution in [0.4, 0.5) is 0 Å². The molecule has 1 aliphatic carbocycles. The second-order valence-corrected chi connectivity index (χ2v) is 6.67. The van der Waals surface area contributed by atoms with E-state index < -0.39 is 0 Å². The number of aromatic amines is 1. The van der Waals surface area contributed by atoms with Gasteiger partial charge in [-0.15, -0.1) is 0 Å².